The lowest BCUT2D eigenvalue weighted by Gasteiger charge is -2.14. The summed E-state index contributed by atoms with van der Waals surface area (Å²) in [4.78, 5) is 20.1. The van der Waals surface area contributed by atoms with Gasteiger partial charge in [0.2, 0.25) is 0 Å². The lowest BCUT2D eigenvalue weighted by atomic mass is 9.95. The molecule has 1 atom stereocenters. The third-order valence-corrected chi connectivity index (χ3v) is 3.29. The Morgan fingerprint density at radius 1 is 1.15 bits per heavy atom. The fourth-order valence-electron chi connectivity index (χ4n) is 2.26. The van der Waals surface area contributed by atoms with Gasteiger partial charge in [-0.1, -0.05) is 24.3 Å². The Balaban J connectivity index is 2.37. The molecule has 0 bridgehead atoms. The molecule has 2 rings (SSSR count). The van der Waals surface area contributed by atoms with Gasteiger partial charge >= 0.3 is 5.97 Å². The SMILES string of the molecule is Cc1cc(C)nc(C(Cc2ccccc2C)C(=O)O)n1. The van der Waals surface area contributed by atoms with Crippen molar-refractivity contribution in [1.82, 2.24) is 9.97 Å². The maximum absolute atomic E-state index is 11.6. The molecule has 0 spiro atoms. The lowest BCUT2D eigenvalue weighted by molar-refractivity contribution is -0.139. The molecule has 0 aliphatic heterocycles. The van der Waals surface area contributed by atoms with Crippen LogP contribution in [-0.2, 0) is 11.2 Å². The Morgan fingerprint density at radius 3 is 2.30 bits per heavy atom. The third-order valence-electron chi connectivity index (χ3n) is 3.29. The first-order chi connectivity index (χ1) is 9.47. The number of hydrogen-bond acceptors (Lipinski definition) is 3. The van der Waals surface area contributed by atoms with Crippen LogP contribution in [0.1, 0.15) is 34.3 Å². The normalized spacial score (nSPS) is 12.2. The summed E-state index contributed by atoms with van der Waals surface area (Å²) in [5.74, 6) is -1.22. The number of aromatic nitrogens is 2. The van der Waals surface area contributed by atoms with E-state index in [1.165, 1.54) is 0 Å². The minimum atomic E-state index is -0.891. The molecule has 0 fully saturated rings. The molecule has 0 amide bonds. The topological polar surface area (TPSA) is 63.1 Å². The molecule has 104 valence electrons. The van der Waals surface area contributed by atoms with Gasteiger partial charge in [0.1, 0.15) is 11.7 Å². The third kappa shape index (κ3) is 3.20. The van der Waals surface area contributed by atoms with Gasteiger partial charge in [0.15, 0.2) is 0 Å². The predicted molar refractivity (Wildman–Crippen MR) is 76.8 cm³/mol. The summed E-state index contributed by atoms with van der Waals surface area (Å²) >= 11 is 0. The van der Waals surface area contributed by atoms with Crippen LogP contribution in [-0.4, -0.2) is 21.0 Å². The van der Waals surface area contributed by atoms with Crippen LogP contribution in [0.15, 0.2) is 30.3 Å². The van der Waals surface area contributed by atoms with Crippen molar-refractivity contribution in [2.75, 3.05) is 0 Å². The zero-order chi connectivity index (χ0) is 14.7. The Hall–Kier alpha value is -2.23. The van der Waals surface area contributed by atoms with Gasteiger partial charge in [0.25, 0.3) is 0 Å². The molecular formula is C16H18N2O2. The van der Waals surface area contributed by atoms with Crippen molar-refractivity contribution >= 4 is 5.97 Å². The molecule has 1 N–H and O–H groups in total. The van der Waals surface area contributed by atoms with Gasteiger partial charge in [0, 0.05) is 11.4 Å². The number of aryl methyl sites for hydroxylation is 3. The van der Waals surface area contributed by atoms with E-state index < -0.39 is 11.9 Å². The van der Waals surface area contributed by atoms with E-state index in [4.69, 9.17) is 0 Å². The van der Waals surface area contributed by atoms with Crippen LogP contribution in [0.4, 0.5) is 0 Å². The van der Waals surface area contributed by atoms with E-state index in [0.717, 1.165) is 22.5 Å². The van der Waals surface area contributed by atoms with Crippen LogP contribution in [0.25, 0.3) is 0 Å². The molecule has 1 aromatic carbocycles. The molecule has 0 saturated carbocycles. The molecule has 4 nitrogen and oxygen atoms in total. The maximum Gasteiger partial charge on any atom is 0.314 e. The first kappa shape index (κ1) is 14.2. The van der Waals surface area contributed by atoms with Crippen molar-refractivity contribution in [3.8, 4) is 0 Å². The van der Waals surface area contributed by atoms with E-state index >= 15 is 0 Å². The number of hydrogen-bond donors (Lipinski definition) is 1. The molecule has 1 aromatic heterocycles. The van der Waals surface area contributed by atoms with Crippen LogP contribution in [0.3, 0.4) is 0 Å². The number of nitrogens with zero attached hydrogens (tertiary/aromatic N) is 2. The maximum atomic E-state index is 11.6. The monoisotopic (exact) mass is 270 g/mol. The van der Waals surface area contributed by atoms with E-state index in [0.29, 0.717) is 12.2 Å². The fraction of sp³-hybridized carbons (Fsp3) is 0.312. The van der Waals surface area contributed by atoms with Crippen LogP contribution < -0.4 is 0 Å². The van der Waals surface area contributed by atoms with Crippen LogP contribution in [0, 0.1) is 20.8 Å². The van der Waals surface area contributed by atoms with Crippen molar-refractivity contribution < 1.29 is 9.90 Å². The smallest absolute Gasteiger partial charge is 0.314 e. The van der Waals surface area contributed by atoms with E-state index in [-0.39, 0.29) is 0 Å². The van der Waals surface area contributed by atoms with E-state index in [2.05, 4.69) is 9.97 Å². The quantitative estimate of drug-likeness (QED) is 0.928. The number of benzene rings is 1. The van der Waals surface area contributed by atoms with Crippen molar-refractivity contribution in [3.05, 3.63) is 58.7 Å². The summed E-state index contributed by atoms with van der Waals surface area (Å²) in [6, 6.07) is 9.65. The second-order valence-corrected chi connectivity index (χ2v) is 5.03. The number of rotatable bonds is 4. The Morgan fingerprint density at radius 2 is 1.75 bits per heavy atom. The average molecular weight is 270 g/mol. The molecule has 4 heteroatoms. The Labute approximate surface area is 118 Å². The van der Waals surface area contributed by atoms with Crippen molar-refractivity contribution in [1.29, 1.82) is 0 Å². The van der Waals surface area contributed by atoms with Gasteiger partial charge in [-0.2, -0.15) is 0 Å². The highest BCUT2D eigenvalue weighted by Crippen LogP contribution is 2.21. The van der Waals surface area contributed by atoms with Gasteiger partial charge in [0.05, 0.1) is 0 Å². The van der Waals surface area contributed by atoms with Gasteiger partial charge in [-0.15, -0.1) is 0 Å². The summed E-state index contributed by atoms with van der Waals surface area (Å²) in [6.45, 7) is 5.69. The highest BCUT2D eigenvalue weighted by molar-refractivity contribution is 5.75. The largest absolute Gasteiger partial charge is 0.481 e. The standard InChI is InChI=1S/C16H18N2O2/c1-10-6-4-5-7-13(10)9-14(16(19)20)15-17-11(2)8-12(3)18-15/h4-8,14H,9H2,1-3H3,(H,19,20). The first-order valence-corrected chi connectivity index (χ1v) is 6.57. The first-order valence-electron chi connectivity index (χ1n) is 6.57. The number of carboxylic acids is 1. The van der Waals surface area contributed by atoms with E-state index in [9.17, 15) is 9.90 Å². The average Bonchev–Trinajstić information content (AvgIpc) is 2.36. The minimum Gasteiger partial charge on any atom is -0.481 e. The summed E-state index contributed by atoms with van der Waals surface area (Å²) in [6.07, 6.45) is 0.408. The van der Waals surface area contributed by atoms with Gasteiger partial charge in [-0.05, 0) is 44.4 Å². The predicted octanol–water partition coefficient (Wildman–Crippen LogP) is 2.81. The van der Waals surface area contributed by atoms with Crippen molar-refractivity contribution in [2.24, 2.45) is 0 Å². The lowest BCUT2D eigenvalue weighted by Crippen LogP contribution is -2.18. The second kappa shape index (κ2) is 5.82. The summed E-state index contributed by atoms with van der Waals surface area (Å²) < 4.78 is 0. The molecular weight excluding hydrogens is 252 g/mol. The zero-order valence-electron chi connectivity index (χ0n) is 11.9. The highest BCUT2D eigenvalue weighted by atomic mass is 16.4. The van der Waals surface area contributed by atoms with E-state index in [1.807, 2.05) is 51.1 Å². The van der Waals surface area contributed by atoms with Gasteiger partial charge in [-0.3, -0.25) is 4.79 Å². The number of carboxylic acid groups (broad SMARTS) is 1. The van der Waals surface area contributed by atoms with Crippen molar-refractivity contribution in [2.45, 2.75) is 33.1 Å². The summed E-state index contributed by atoms with van der Waals surface area (Å²) in [7, 11) is 0. The second-order valence-electron chi connectivity index (χ2n) is 5.03. The molecule has 0 aliphatic carbocycles. The molecule has 20 heavy (non-hydrogen) atoms. The van der Waals surface area contributed by atoms with Crippen molar-refractivity contribution in [3.63, 3.8) is 0 Å². The van der Waals surface area contributed by atoms with E-state index in [1.54, 1.807) is 0 Å². The molecule has 1 heterocycles. The van der Waals surface area contributed by atoms with Crippen LogP contribution in [0.5, 0.6) is 0 Å². The number of carbonyl (C=O) groups is 1. The van der Waals surface area contributed by atoms with Crippen LogP contribution in [0.2, 0.25) is 0 Å². The molecule has 0 aliphatic rings. The minimum absolute atomic E-state index is 0.387. The zero-order valence-corrected chi connectivity index (χ0v) is 11.9. The summed E-state index contributed by atoms with van der Waals surface area (Å²) in [5, 5.41) is 9.48. The number of aliphatic carboxylic acids is 1. The molecule has 0 saturated heterocycles. The fourth-order valence-corrected chi connectivity index (χ4v) is 2.26. The van der Waals surface area contributed by atoms with Gasteiger partial charge in [-0.25, -0.2) is 9.97 Å². The Kier molecular flexibility index (Phi) is 4.13. The Bertz CT molecular complexity index is 618. The van der Waals surface area contributed by atoms with Gasteiger partial charge < -0.3 is 5.11 Å². The molecule has 0 radical (unpaired) electrons. The molecule has 1 unspecified atom stereocenters. The highest BCUT2D eigenvalue weighted by Gasteiger charge is 2.24. The molecule has 2 aromatic rings. The van der Waals surface area contributed by atoms with Crippen LogP contribution >= 0.6 is 0 Å². The summed E-state index contributed by atoms with van der Waals surface area (Å²) in [5.41, 5.74) is 3.69.